The second-order valence-electron chi connectivity index (χ2n) is 4.49. The Hall–Kier alpha value is -2.54. The lowest BCUT2D eigenvalue weighted by molar-refractivity contribution is 0.414. The molecule has 1 aromatic heterocycles. The average Bonchev–Trinajstić information content (AvgIpc) is 2.48. The number of hydrogen-bond acceptors (Lipinski definition) is 4. The van der Waals surface area contributed by atoms with E-state index < -0.39 is 0 Å². The highest BCUT2D eigenvalue weighted by Crippen LogP contribution is 2.15. The van der Waals surface area contributed by atoms with Crippen molar-refractivity contribution in [3.05, 3.63) is 53.2 Å². The van der Waals surface area contributed by atoms with E-state index in [0.29, 0.717) is 11.4 Å². The van der Waals surface area contributed by atoms with Crippen molar-refractivity contribution in [3.8, 4) is 11.8 Å². The van der Waals surface area contributed by atoms with Gasteiger partial charge in [-0.2, -0.15) is 5.26 Å². The van der Waals surface area contributed by atoms with Crippen LogP contribution in [0.5, 0.6) is 5.75 Å². The fourth-order valence-electron chi connectivity index (χ4n) is 1.95. The Morgan fingerprint density at radius 2 is 2.00 bits per heavy atom. The minimum absolute atomic E-state index is 0.613. The Labute approximate surface area is 119 Å². The maximum atomic E-state index is 9.13. The van der Waals surface area contributed by atoms with Gasteiger partial charge in [-0.1, -0.05) is 12.1 Å². The molecule has 0 aliphatic carbocycles. The van der Waals surface area contributed by atoms with E-state index in [1.165, 1.54) is 5.56 Å². The van der Waals surface area contributed by atoms with Gasteiger partial charge >= 0.3 is 0 Å². The van der Waals surface area contributed by atoms with E-state index in [1.807, 2.05) is 37.3 Å². The van der Waals surface area contributed by atoms with Gasteiger partial charge in [-0.3, -0.25) is 0 Å². The summed E-state index contributed by atoms with van der Waals surface area (Å²) < 4.78 is 5.12. The van der Waals surface area contributed by atoms with Crippen molar-refractivity contribution in [1.29, 1.82) is 5.26 Å². The third kappa shape index (κ3) is 3.27. The predicted molar refractivity (Wildman–Crippen MR) is 78.9 cm³/mol. The first kappa shape index (κ1) is 13.9. The van der Waals surface area contributed by atoms with E-state index in [0.717, 1.165) is 24.3 Å². The van der Waals surface area contributed by atoms with Gasteiger partial charge in [-0.25, -0.2) is 4.98 Å². The lowest BCUT2D eigenvalue weighted by atomic mass is 10.1. The third-order valence-corrected chi connectivity index (χ3v) is 3.14. The largest absolute Gasteiger partial charge is 0.497 e. The minimum Gasteiger partial charge on any atom is -0.497 e. The van der Waals surface area contributed by atoms with E-state index in [-0.39, 0.29) is 0 Å². The summed E-state index contributed by atoms with van der Waals surface area (Å²) in [6.45, 7) is 2.65. The molecule has 0 spiro atoms. The predicted octanol–water partition coefficient (Wildman–Crippen LogP) is 2.92. The van der Waals surface area contributed by atoms with Crippen LogP contribution < -0.4 is 10.1 Å². The molecule has 0 amide bonds. The van der Waals surface area contributed by atoms with Crippen LogP contribution in [0.2, 0.25) is 0 Å². The number of methoxy groups -OCH3 is 1. The minimum atomic E-state index is 0.613. The fraction of sp³-hybridized carbons (Fsp3) is 0.250. The second kappa shape index (κ2) is 6.58. The first-order valence-corrected chi connectivity index (χ1v) is 6.47. The number of hydrogen-bond donors (Lipinski definition) is 1. The van der Waals surface area contributed by atoms with Crippen LogP contribution in [0.25, 0.3) is 0 Å². The van der Waals surface area contributed by atoms with Gasteiger partial charge in [0.15, 0.2) is 0 Å². The molecule has 0 fully saturated rings. The van der Waals surface area contributed by atoms with Crippen molar-refractivity contribution in [2.45, 2.75) is 13.3 Å². The summed E-state index contributed by atoms with van der Waals surface area (Å²) in [7, 11) is 1.66. The lowest BCUT2D eigenvalue weighted by Crippen LogP contribution is -2.08. The van der Waals surface area contributed by atoms with Crippen molar-refractivity contribution in [3.63, 3.8) is 0 Å². The molecule has 4 heteroatoms. The highest BCUT2D eigenvalue weighted by atomic mass is 16.5. The molecule has 1 heterocycles. The Balaban J connectivity index is 1.96. The number of ether oxygens (including phenoxy) is 1. The zero-order valence-electron chi connectivity index (χ0n) is 11.7. The van der Waals surface area contributed by atoms with Crippen molar-refractivity contribution in [2.24, 2.45) is 0 Å². The van der Waals surface area contributed by atoms with Crippen LogP contribution in [0.15, 0.2) is 36.5 Å². The van der Waals surface area contributed by atoms with Gasteiger partial charge in [0.05, 0.1) is 12.7 Å². The highest BCUT2D eigenvalue weighted by Gasteiger charge is 2.05. The number of nitriles is 1. The van der Waals surface area contributed by atoms with Gasteiger partial charge < -0.3 is 10.1 Å². The summed E-state index contributed by atoms with van der Waals surface area (Å²) in [6.07, 6.45) is 2.58. The lowest BCUT2D eigenvalue weighted by Gasteiger charge is -2.09. The molecule has 20 heavy (non-hydrogen) atoms. The van der Waals surface area contributed by atoms with Crippen molar-refractivity contribution >= 4 is 5.82 Å². The van der Waals surface area contributed by atoms with Gasteiger partial charge in [0, 0.05) is 12.7 Å². The molecule has 2 aromatic rings. The summed E-state index contributed by atoms with van der Waals surface area (Å²) in [4.78, 5) is 4.22. The molecule has 0 saturated carbocycles. The van der Waals surface area contributed by atoms with Gasteiger partial charge in [0.2, 0.25) is 0 Å². The van der Waals surface area contributed by atoms with E-state index in [4.69, 9.17) is 10.00 Å². The molecular formula is C16H17N3O. The zero-order chi connectivity index (χ0) is 14.4. The summed E-state index contributed by atoms with van der Waals surface area (Å²) >= 11 is 0. The summed E-state index contributed by atoms with van der Waals surface area (Å²) in [5, 5.41) is 12.3. The van der Waals surface area contributed by atoms with Crippen molar-refractivity contribution in [2.75, 3.05) is 19.0 Å². The first-order chi connectivity index (χ1) is 9.74. The number of rotatable bonds is 5. The van der Waals surface area contributed by atoms with Crippen molar-refractivity contribution in [1.82, 2.24) is 4.98 Å². The van der Waals surface area contributed by atoms with Crippen LogP contribution in [-0.4, -0.2) is 18.6 Å². The molecule has 1 N–H and O–H groups in total. The maximum absolute atomic E-state index is 9.13. The zero-order valence-corrected chi connectivity index (χ0v) is 11.7. The summed E-state index contributed by atoms with van der Waals surface area (Å²) in [5.41, 5.74) is 2.76. The Morgan fingerprint density at radius 3 is 2.65 bits per heavy atom. The van der Waals surface area contributed by atoms with Crippen LogP contribution >= 0.6 is 0 Å². The molecule has 1 aromatic carbocycles. The average molecular weight is 267 g/mol. The van der Waals surface area contributed by atoms with E-state index in [9.17, 15) is 0 Å². The molecule has 4 nitrogen and oxygen atoms in total. The molecule has 0 bridgehead atoms. The van der Waals surface area contributed by atoms with Crippen LogP contribution in [0, 0.1) is 18.3 Å². The van der Waals surface area contributed by atoms with Crippen LogP contribution in [0.3, 0.4) is 0 Å². The van der Waals surface area contributed by atoms with Crippen LogP contribution in [0.1, 0.15) is 16.7 Å². The number of benzene rings is 1. The number of nitrogens with zero attached hydrogens (tertiary/aromatic N) is 2. The molecule has 0 aliphatic rings. The molecule has 102 valence electrons. The SMILES string of the molecule is COc1ccc(CCNc2nccc(C)c2C#N)cc1. The quantitative estimate of drug-likeness (QED) is 0.905. The molecule has 0 aliphatic heterocycles. The number of anilines is 1. The molecule has 0 radical (unpaired) electrons. The smallest absolute Gasteiger partial charge is 0.144 e. The van der Waals surface area contributed by atoms with Gasteiger partial charge in [0.25, 0.3) is 0 Å². The molecular weight excluding hydrogens is 250 g/mol. The third-order valence-electron chi connectivity index (χ3n) is 3.14. The van der Waals surface area contributed by atoms with Crippen molar-refractivity contribution < 1.29 is 4.74 Å². The highest BCUT2D eigenvalue weighted by molar-refractivity contribution is 5.55. The summed E-state index contributed by atoms with van der Waals surface area (Å²) in [6, 6.07) is 12.0. The summed E-state index contributed by atoms with van der Waals surface area (Å²) in [5.74, 6) is 1.51. The van der Waals surface area contributed by atoms with E-state index in [2.05, 4.69) is 16.4 Å². The van der Waals surface area contributed by atoms with Gasteiger partial charge in [-0.15, -0.1) is 0 Å². The molecule has 0 atom stereocenters. The van der Waals surface area contributed by atoms with E-state index >= 15 is 0 Å². The second-order valence-corrected chi connectivity index (χ2v) is 4.49. The monoisotopic (exact) mass is 267 g/mol. The van der Waals surface area contributed by atoms with Gasteiger partial charge in [-0.05, 0) is 42.7 Å². The molecule has 2 rings (SSSR count). The Kier molecular flexibility index (Phi) is 4.56. The van der Waals surface area contributed by atoms with Crippen LogP contribution in [0.4, 0.5) is 5.82 Å². The number of aryl methyl sites for hydroxylation is 1. The maximum Gasteiger partial charge on any atom is 0.144 e. The van der Waals surface area contributed by atoms with Gasteiger partial charge in [0.1, 0.15) is 17.6 Å². The number of nitrogens with one attached hydrogen (secondary N) is 1. The Morgan fingerprint density at radius 1 is 1.25 bits per heavy atom. The standard InChI is InChI=1S/C16H17N3O/c1-12-7-9-18-16(15(12)11-17)19-10-8-13-3-5-14(20-2)6-4-13/h3-7,9H,8,10H2,1-2H3,(H,18,19). The molecule has 0 unspecified atom stereocenters. The first-order valence-electron chi connectivity index (χ1n) is 6.47. The molecule has 0 saturated heterocycles. The van der Waals surface area contributed by atoms with E-state index in [1.54, 1.807) is 13.3 Å². The fourth-order valence-corrected chi connectivity index (χ4v) is 1.95. The normalized spacial score (nSPS) is 9.85. The number of aromatic nitrogens is 1. The topological polar surface area (TPSA) is 57.9 Å². The number of pyridine rings is 1. The Bertz CT molecular complexity index is 615. The van der Waals surface area contributed by atoms with Crippen LogP contribution in [-0.2, 0) is 6.42 Å².